The molecule has 60 valence electrons. The number of sulfonamides is 1. The zero-order chi connectivity index (χ0) is 8.20. The Morgan fingerprint density at radius 2 is 2.30 bits per heavy atom. The first-order valence-corrected chi connectivity index (χ1v) is 4.42. The lowest BCUT2D eigenvalue weighted by Crippen LogP contribution is -2.33. The molecule has 0 saturated heterocycles. The van der Waals surface area contributed by atoms with Crippen LogP contribution in [-0.4, -0.2) is 25.5 Å². The van der Waals surface area contributed by atoms with Crippen LogP contribution in [-0.2, 0) is 10.0 Å². The lowest BCUT2D eigenvalue weighted by molar-refractivity contribution is 0.184. The quantitative estimate of drug-likeness (QED) is 0.433. The fraction of sp³-hybridized carbons (Fsp3) is 0.600. The van der Waals surface area contributed by atoms with Crippen LogP contribution >= 0.6 is 0 Å². The molecule has 1 unspecified atom stereocenters. The van der Waals surface area contributed by atoms with Gasteiger partial charge in [-0.2, -0.15) is 4.72 Å². The first-order chi connectivity index (χ1) is 4.48. The van der Waals surface area contributed by atoms with Crippen LogP contribution in [0.25, 0.3) is 0 Å². The van der Waals surface area contributed by atoms with E-state index in [1.54, 1.807) is 0 Å². The van der Waals surface area contributed by atoms with Crippen molar-refractivity contribution in [2.45, 2.75) is 13.2 Å². The van der Waals surface area contributed by atoms with E-state index in [2.05, 4.69) is 6.58 Å². The largest absolute Gasteiger partial charge is 0.378 e. The molecule has 0 aromatic rings. The molecule has 0 bridgehead atoms. The number of aliphatic hydroxyl groups is 1. The first-order valence-electron chi connectivity index (χ1n) is 2.77. The fourth-order valence-electron chi connectivity index (χ4n) is 0.463. The van der Waals surface area contributed by atoms with E-state index < -0.39 is 16.3 Å². The summed E-state index contributed by atoms with van der Waals surface area (Å²) >= 11 is 0. The summed E-state index contributed by atoms with van der Waals surface area (Å²) in [5.74, 6) is -0.169. The Balaban J connectivity index is 4.01. The van der Waals surface area contributed by atoms with Gasteiger partial charge in [0, 0.05) is 0 Å². The van der Waals surface area contributed by atoms with Crippen LogP contribution in [0, 0.1) is 0 Å². The van der Waals surface area contributed by atoms with Crippen molar-refractivity contribution in [3.05, 3.63) is 12.7 Å². The maximum Gasteiger partial charge on any atom is 0.217 e. The van der Waals surface area contributed by atoms with Gasteiger partial charge in [0.05, 0.1) is 5.75 Å². The molecule has 0 amide bonds. The van der Waals surface area contributed by atoms with Gasteiger partial charge in [0.1, 0.15) is 6.23 Å². The van der Waals surface area contributed by atoms with Gasteiger partial charge in [0.15, 0.2) is 0 Å². The highest BCUT2D eigenvalue weighted by molar-refractivity contribution is 7.89. The minimum atomic E-state index is -3.35. The maximum absolute atomic E-state index is 10.7. The van der Waals surface area contributed by atoms with Gasteiger partial charge in [-0.25, -0.2) is 8.42 Å². The normalized spacial score (nSPS) is 14.6. The van der Waals surface area contributed by atoms with Crippen molar-refractivity contribution < 1.29 is 13.5 Å². The summed E-state index contributed by atoms with van der Waals surface area (Å²) in [6.45, 7) is 4.59. The number of hydrogen-bond donors (Lipinski definition) is 2. The predicted octanol–water partition coefficient (Wildman–Crippen LogP) is -0.570. The van der Waals surface area contributed by atoms with E-state index in [1.165, 1.54) is 13.0 Å². The van der Waals surface area contributed by atoms with Crippen molar-refractivity contribution in [1.29, 1.82) is 0 Å². The van der Waals surface area contributed by atoms with Crippen LogP contribution in [0.1, 0.15) is 6.92 Å². The third-order valence-corrected chi connectivity index (χ3v) is 2.06. The highest BCUT2D eigenvalue weighted by Gasteiger charge is 2.08. The minimum Gasteiger partial charge on any atom is -0.378 e. The smallest absolute Gasteiger partial charge is 0.217 e. The summed E-state index contributed by atoms with van der Waals surface area (Å²) in [6, 6.07) is 0. The van der Waals surface area contributed by atoms with Crippen molar-refractivity contribution in [2.75, 3.05) is 5.75 Å². The Morgan fingerprint density at radius 3 is 2.60 bits per heavy atom. The van der Waals surface area contributed by atoms with Crippen molar-refractivity contribution in [3.8, 4) is 0 Å². The number of hydrogen-bond acceptors (Lipinski definition) is 3. The van der Waals surface area contributed by atoms with Crippen LogP contribution in [0.2, 0.25) is 0 Å². The van der Waals surface area contributed by atoms with Gasteiger partial charge in [-0.15, -0.1) is 6.58 Å². The van der Waals surface area contributed by atoms with Crippen molar-refractivity contribution >= 4 is 10.0 Å². The van der Waals surface area contributed by atoms with E-state index in [0.29, 0.717) is 0 Å². The van der Waals surface area contributed by atoms with E-state index in [0.717, 1.165) is 0 Å². The predicted molar refractivity (Wildman–Crippen MR) is 38.8 cm³/mol. The van der Waals surface area contributed by atoms with E-state index in [9.17, 15) is 8.42 Å². The van der Waals surface area contributed by atoms with E-state index in [4.69, 9.17) is 5.11 Å². The molecule has 4 nitrogen and oxygen atoms in total. The molecule has 0 saturated carbocycles. The minimum absolute atomic E-state index is 0.169. The monoisotopic (exact) mass is 165 g/mol. The molecule has 0 aromatic carbocycles. The highest BCUT2D eigenvalue weighted by atomic mass is 32.2. The summed E-state index contributed by atoms with van der Waals surface area (Å²) in [5.41, 5.74) is 0. The second kappa shape index (κ2) is 3.70. The molecular formula is C5H11NO3S. The second-order valence-corrected chi connectivity index (χ2v) is 3.66. The lowest BCUT2D eigenvalue weighted by Gasteiger charge is -2.05. The van der Waals surface area contributed by atoms with Gasteiger partial charge in [-0.3, -0.25) is 0 Å². The summed E-state index contributed by atoms with van der Waals surface area (Å²) in [4.78, 5) is 0. The molecule has 0 fully saturated rings. The van der Waals surface area contributed by atoms with E-state index in [1.807, 2.05) is 4.72 Å². The lowest BCUT2D eigenvalue weighted by atomic mass is 10.7. The van der Waals surface area contributed by atoms with E-state index >= 15 is 0 Å². The molecule has 0 aliphatic carbocycles. The topological polar surface area (TPSA) is 66.4 Å². The Labute approximate surface area is 60.6 Å². The van der Waals surface area contributed by atoms with Gasteiger partial charge in [0.2, 0.25) is 10.0 Å². The summed E-state index contributed by atoms with van der Waals surface area (Å²) in [6.07, 6.45) is 0.218. The van der Waals surface area contributed by atoms with Crippen molar-refractivity contribution in [3.63, 3.8) is 0 Å². The average Bonchev–Trinajstić information content (AvgIpc) is 1.59. The second-order valence-electron chi connectivity index (χ2n) is 1.86. The van der Waals surface area contributed by atoms with Gasteiger partial charge in [-0.1, -0.05) is 6.08 Å². The molecule has 2 N–H and O–H groups in total. The molecule has 0 aromatic heterocycles. The molecule has 0 radical (unpaired) electrons. The third kappa shape index (κ3) is 4.49. The third-order valence-electron chi connectivity index (χ3n) is 0.687. The Hall–Kier alpha value is -0.390. The molecule has 0 rings (SSSR count). The SMILES string of the molecule is C=CCS(=O)(=O)NC(C)O. The summed E-state index contributed by atoms with van der Waals surface area (Å²) < 4.78 is 23.4. The zero-order valence-corrected chi connectivity index (χ0v) is 6.56. The molecule has 10 heavy (non-hydrogen) atoms. The first kappa shape index (κ1) is 9.61. The van der Waals surface area contributed by atoms with Crippen LogP contribution in [0.3, 0.4) is 0 Å². The molecule has 0 heterocycles. The van der Waals surface area contributed by atoms with Crippen LogP contribution in [0.5, 0.6) is 0 Å². The fourth-order valence-corrected chi connectivity index (χ4v) is 1.39. The molecular weight excluding hydrogens is 154 g/mol. The van der Waals surface area contributed by atoms with E-state index in [-0.39, 0.29) is 5.75 Å². The van der Waals surface area contributed by atoms with Gasteiger partial charge in [-0.05, 0) is 6.92 Å². The zero-order valence-electron chi connectivity index (χ0n) is 5.74. The summed E-state index contributed by atoms with van der Waals surface area (Å²) in [5, 5.41) is 8.59. The molecule has 0 aliphatic heterocycles. The van der Waals surface area contributed by atoms with Gasteiger partial charge >= 0.3 is 0 Å². The Kier molecular flexibility index (Phi) is 3.55. The average molecular weight is 165 g/mol. The number of rotatable bonds is 4. The molecule has 0 aliphatic rings. The number of nitrogens with one attached hydrogen (secondary N) is 1. The highest BCUT2D eigenvalue weighted by Crippen LogP contribution is 1.85. The Morgan fingerprint density at radius 1 is 1.80 bits per heavy atom. The van der Waals surface area contributed by atoms with Crippen LogP contribution < -0.4 is 4.72 Å². The number of aliphatic hydroxyl groups excluding tert-OH is 1. The van der Waals surface area contributed by atoms with Crippen LogP contribution in [0.4, 0.5) is 0 Å². The van der Waals surface area contributed by atoms with Crippen molar-refractivity contribution in [1.82, 2.24) is 4.72 Å². The van der Waals surface area contributed by atoms with Crippen molar-refractivity contribution in [2.24, 2.45) is 0 Å². The van der Waals surface area contributed by atoms with Gasteiger partial charge in [0.25, 0.3) is 0 Å². The molecule has 1 atom stereocenters. The Bertz CT molecular complexity index is 195. The van der Waals surface area contributed by atoms with Crippen LogP contribution in [0.15, 0.2) is 12.7 Å². The van der Waals surface area contributed by atoms with Gasteiger partial charge < -0.3 is 5.11 Å². The molecule has 5 heteroatoms. The maximum atomic E-state index is 10.7. The molecule has 0 spiro atoms. The standard InChI is InChI=1S/C5H11NO3S/c1-3-4-10(8,9)6-5(2)7/h3,5-7H,1,4H2,2H3. The summed E-state index contributed by atoms with van der Waals surface area (Å²) in [7, 11) is -3.35.